The van der Waals surface area contributed by atoms with Gasteiger partial charge >= 0.3 is 0 Å². The Morgan fingerprint density at radius 1 is 0.438 bits per heavy atom. The molecule has 0 heterocycles. The molecule has 48 heavy (non-hydrogen) atoms. The number of benzene rings is 6. The zero-order valence-electron chi connectivity index (χ0n) is 26.2. The van der Waals surface area contributed by atoms with E-state index in [0.29, 0.717) is 44.5 Å². The number of ether oxygens (including phenoxy) is 4. The molecule has 2 N–H and O–H groups in total. The third-order valence-electron chi connectivity index (χ3n) is 8.14. The molecule has 0 amide bonds. The maximum atomic E-state index is 14.1. The molecule has 0 aromatic heterocycles. The highest BCUT2D eigenvalue weighted by Crippen LogP contribution is 2.51. The number of methoxy groups -OCH3 is 4. The van der Waals surface area contributed by atoms with Crippen molar-refractivity contribution >= 4 is 41.2 Å². The fourth-order valence-electron chi connectivity index (χ4n) is 5.61. The molecule has 0 aliphatic carbocycles. The molecule has 0 atom stereocenters. The quantitative estimate of drug-likeness (QED) is 0.167. The summed E-state index contributed by atoms with van der Waals surface area (Å²) in [7, 11) is -2.95. The van der Waals surface area contributed by atoms with Crippen LogP contribution in [0.2, 0.25) is 0 Å². The van der Waals surface area contributed by atoms with Crippen molar-refractivity contribution in [2.24, 2.45) is 0 Å². The molecule has 10 nitrogen and oxygen atoms in total. The first-order chi connectivity index (χ1) is 22.9. The van der Waals surface area contributed by atoms with Crippen LogP contribution in [0.15, 0.2) is 117 Å². The van der Waals surface area contributed by atoms with Crippen molar-refractivity contribution in [3.05, 3.63) is 97.1 Å². The minimum atomic E-state index is -4.37. The van der Waals surface area contributed by atoms with E-state index in [1.165, 1.54) is 89.1 Å². The number of phenolic OH excluding ortho intramolecular Hbond substituents is 2. The Bertz CT molecular complexity index is 2250. The van der Waals surface area contributed by atoms with E-state index in [9.17, 15) is 27.0 Å². The van der Waals surface area contributed by atoms with Crippen molar-refractivity contribution in [1.29, 1.82) is 0 Å². The third-order valence-corrected chi connectivity index (χ3v) is 11.7. The lowest BCUT2D eigenvalue weighted by Crippen LogP contribution is -2.05. The summed E-state index contributed by atoms with van der Waals surface area (Å²) in [4.78, 5) is -1.16. The van der Waals surface area contributed by atoms with Crippen LogP contribution in [-0.2, 0) is 19.7 Å². The summed E-state index contributed by atoms with van der Waals surface area (Å²) in [6, 6.07) is 23.6. The van der Waals surface area contributed by atoms with Crippen LogP contribution in [0.5, 0.6) is 34.5 Å². The van der Waals surface area contributed by atoms with Gasteiger partial charge in [0.05, 0.1) is 38.2 Å². The molecule has 246 valence electrons. The Morgan fingerprint density at radius 2 is 0.750 bits per heavy atom. The summed E-state index contributed by atoms with van der Waals surface area (Å²) < 4.78 is 77.7. The molecule has 0 spiro atoms. The minimum absolute atomic E-state index is 0.121. The molecular formula is C36H30O10S2. The van der Waals surface area contributed by atoms with Crippen LogP contribution in [0.1, 0.15) is 0 Å². The van der Waals surface area contributed by atoms with Crippen LogP contribution < -0.4 is 18.9 Å². The van der Waals surface area contributed by atoms with Crippen LogP contribution >= 0.6 is 0 Å². The summed E-state index contributed by atoms with van der Waals surface area (Å²) in [5.74, 6) is 0.207. The van der Waals surface area contributed by atoms with Crippen LogP contribution in [-0.4, -0.2) is 55.5 Å². The van der Waals surface area contributed by atoms with E-state index < -0.39 is 41.0 Å². The van der Waals surface area contributed by atoms with E-state index in [1.807, 2.05) is 0 Å². The molecule has 0 aliphatic rings. The minimum Gasteiger partial charge on any atom is -0.506 e. The first-order valence-corrected chi connectivity index (χ1v) is 17.4. The maximum absolute atomic E-state index is 14.1. The lowest BCUT2D eigenvalue weighted by Gasteiger charge is -2.20. The molecule has 0 bridgehead atoms. The number of sulfone groups is 2. The molecule has 0 fully saturated rings. The molecule has 6 rings (SSSR count). The standard InChI is InChI=1S/C36H30O10S2/c1-43-23-9-13-27(14-10-23)47(39,40)31-17-21-5-7-25(45-3)19-29(21)33(35(31)37)34-30-20-26(46-4)8-6-22(30)18-32(36(34)38)48(41,42)28-15-11-24(44-2)12-16-28/h5-20,37-38H,1-4H3. The van der Waals surface area contributed by atoms with Gasteiger partial charge in [0.15, 0.2) is 0 Å². The number of aromatic hydroxyl groups is 2. The van der Waals surface area contributed by atoms with Gasteiger partial charge in [0.2, 0.25) is 19.7 Å². The molecule has 0 unspecified atom stereocenters. The Morgan fingerprint density at radius 3 is 1.06 bits per heavy atom. The van der Waals surface area contributed by atoms with Crippen LogP contribution in [0.3, 0.4) is 0 Å². The van der Waals surface area contributed by atoms with Crippen LogP contribution in [0.4, 0.5) is 0 Å². The highest BCUT2D eigenvalue weighted by atomic mass is 32.2. The van der Waals surface area contributed by atoms with Crippen molar-refractivity contribution in [2.75, 3.05) is 28.4 Å². The molecule has 6 aromatic rings. The molecule has 12 heteroatoms. The van der Waals surface area contributed by atoms with Crippen molar-refractivity contribution in [2.45, 2.75) is 19.6 Å². The van der Waals surface area contributed by atoms with E-state index in [2.05, 4.69) is 0 Å². The number of hydrogen-bond acceptors (Lipinski definition) is 10. The van der Waals surface area contributed by atoms with Crippen LogP contribution in [0, 0.1) is 0 Å². The topological polar surface area (TPSA) is 146 Å². The normalized spacial score (nSPS) is 11.8. The van der Waals surface area contributed by atoms with E-state index >= 15 is 0 Å². The van der Waals surface area contributed by atoms with Gasteiger partial charge in [0, 0.05) is 11.1 Å². The van der Waals surface area contributed by atoms with Gasteiger partial charge in [-0.2, -0.15) is 0 Å². The van der Waals surface area contributed by atoms with Gasteiger partial charge in [0.1, 0.15) is 44.3 Å². The summed E-state index contributed by atoms with van der Waals surface area (Å²) in [5, 5.41) is 25.4. The molecule has 0 saturated heterocycles. The first-order valence-electron chi connectivity index (χ1n) is 14.4. The van der Waals surface area contributed by atoms with Gasteiger partial charge in [-0.05, 0) is 106 Å². The van der Waals surface area contributed by atoms with Crippen molar-refractivity contribution < 1.29 is 46.0 Å². The van der Waals surface area contributed by atoms with Crippen molar-refractivity contribution in [1.82, 2.24) is 0 Å². The van der Waals surface area contributed by atoms with E-state index in [1.54, 1.807) is 36.4 Å². The monoisotopic (exact) mass is 686 g/mol. The van der Waals surface area contributed by atoms with Gasteiger partial charge in [-0.1, -0.05) is 12.1 Å². The zero-order valence-corrected chi connectivity index (χ0v) is 27.8. The fraction of sp³-hybridized carbons (Fsp3) is 0.111. The summed E-state index contributed by atoms with van der Waals surface area (Å²) in [6.07, 6.45) is 0. The highest BCUT2D eigenvalue weighted by molar-refractivity contribution is 7.92. The Hall–Kier alpha value is -5.46. The highest BCUT2D eigenvalue weighted by Gasteiger charge is 2.31. The van der Waals surface area contributed by atoms with Gasteiger partial charge in [0.25, 0.3) is 0 Å². The number of rotatable bonds is 9. The SMILES string of the molecule is COc1ccc(S(=O)(=O)c2cc3ccc(OC)cc3c(-c3c(O)c(S(=O)(=O)c4ccc(OC)cc4)cc4ccc(OC)cc34)c2O)cc1. The number of fused-ring (bicyclic) bond motifs is 2. The number of phenols is 2. The average molecular weight is 687 g/mol. The fourth-order valence-corrected chi connectivity index (χ4v) is 8.38. The second-order valence-corrected chi connectivity index (χ2v) is 14.6. The maximum Gasteiger partial charge on any atom is 0.210 e. The van der Waals surface area contributed by atoms with Gasteiger partial charge < -0.3 is 29.2 Å². The average Bonchev–Trinajstić information content (AvgIpc) is 3.11. The summed E-state index contributed by atoms with van der Waals surface area (Å²) in [5.41, 5.74) is -0.248. The smallest absolute Gasteiger partial charge is 0.210 e. The first kappa shape index (κ1) is 32.5. The molecule has 6 aromatic carbocycles. The molecule has 0 radical (unpaired) electrons. The second kappa shape index (κ2) is 12.3. The lowest BCUT2D eigenvalue weighted by atomic mass is 9.92. The second-order valence-electron chi connectivity index (χ2n) is 10.7. The summed E-state index contributed by atoms with van der Waals surface area (Å²) in [6.45, 7) is 0. The molecular weight excluding hydrogens is 657 g/mol. The van der Waals surface area contributed by atoms with E-state index in [-0.39, 0.29) is 20.9 Å². The van der Waals surface area contributed by atoms with Gasteiger partial charge in [-0.3, -0.25) is 0 Å². The molecule has 0 saturated carbocycles. The zero-order chi connectivity index (χ0) is 34.4. The Kier molecular flexibility index (Phi) is 8.31. The third kappa shape index (κ3) is 5.38. The van der Waals surface area contributed by atoms with Gasteiger partial charge in [-0.25, -0.2) is 16.8 Å². The Balaban J connectivity index is 1.75. The van der Waals surface area contributed by atoms with Crippen molar-refractivity contribution in [3.8, 4) is 45.6 Å². The van der Waals surface area contributed by atoms with Gasteiger partial charge in [-0.15, -0.1) is 0 Å². The predicted molar refractivity (Wildman–Crippen MR) is 180 cm³/mol. The lowest BCUT2D eigenvalue weighted by molar-refractivity contribution is 0.414. The predicted octanol–water partition coefficient (Wildman–Crippen LogP) is 6.77. The van der Waals surface area contributed by atoms with Crippen molar-refractivity contribution in [3.63, 3.8) is 0 Å². The molecule has 0 aliphatic heterocycles. The van der Waals surface area contributed by atoms with E-state index in [4.69, 9.17) is 18.9 Å². The van der Waals surface area contributed by atoms with Crippen LogP contribution in [0.25, 0.3) is 32.7 Å². The van der Waals surface area contributed by atoms with E-state index in [0.717, 1.165) is 0 Å². The summed E-state index contributed by atoms with van der Waals surface area (Å²) >= 11 is 0. The largest absolute Gasteiger partial charge is 0.506 e. The Labute approximate surface area is 277 Å². The number of hydrogen-bond donors (Lipinski definition) is 2.